The van der Waals surface area contributed by atoms with Crippen molar-refractivity contribution in [2.24, 2.45) is 5.92 Å². The fourth-order valence-corrected chi connectivity index (χ4v) is 3.92. The average Bonchev–Trinajstić information content (AvgIpc) is 3.27. The summed E-state index contributed by atoms with van der Waals surface area (Å²) in [7, 11) is 0. The third-order valence-electron chi connectivity index (χ3n) is 5.92. The van der Waals surface area contributed by atoms with Gasteiger partial charge in [0.15, 0.2) is 5.58 Å². The molecular formula is C25H30N4O3. The van der Waals surface area contributed by atoms with Gasteiger partial charge < -0.3 is 20.0 Å². The second-order valence-corrected chi connectivity index (χ2v) is 8.25. The fourth-order valence-electron chi connectivity index (χ4n) is 3.92. The summed E-state index contributed by atoms with van der Waals surface area (Å²) < 4.78 is 5.85. The third-order valence-corrected chi connectivity index (χ3v) is 5.92. The van der Waals surface area contributed by atoms with Crippen LogP contribution in [-0.2, 0) is 11.3 Å². The van der Waals surface area contributed by atoms with Gasteiger partial charge in [-0.2, -0.15) is 4.98 Å². The Morgan fingerprint density at radius 1 is 1.06 bits per heavy atom. The number of piperidine rings is 1. The van der Waals surface area contributed by atoms with Gasteiger partial charge in [-0.25, -0.2) is 0 Å². The normalized spacial score (nSPS) is 14.5. The van der Waals surface area contributed by atoms with Crippen LogP contribution < -0.4 is 15.5 Å². The summed E-state index contributed by atoms with van der Waals surface area (Å²) in [5.41, 5.74) is 3.26. The number of oxazole rings is 1. The van der Waals surface area contributed by atoms with E-state index in [2.05, 4.69) is 27.4 Å². The van der Waals surface area contributed by atoms with E-state index in [1.54, 1.807) is 0 Å². The summed E-state index contributed by atoms with van der Waals surface area (Å²) in [5, 5.41) is 5.95. The van der Waals surface area contributed by atoms with Gasteiger partial charge in [-0.1, -0.05) is 37.6 Å². The number of para-hydroxylation sites is 2. The van der Waals surface area contributed by atoms with Crippen LogP contribution in [0.2, 0.25) is 0 Å². The van der Waals surface area contributed by atoms with Crippen LogP contribution in [0.5, 0.6) is 0 Å². The maximum Gasteiger partial charge on any atom is 0.298 e. The van der Waals surface area contributed by atoms with E-state index in [9.17, 15) is 9.59 Å². The van der Waals surface area contributed by atoms with Crippen LogP contribution in [0.1, 0.15) is 48.5 Å². The molecule has 7 heteroatoms. The SMILES string of the molecule is CCCCNC(=O)c1ccc(CNC(=O)C2CCN(c3nc4ccccc4o3)CC2)cc1. The summed E-state index contributed by atoms with van der Waals surface area (Å²) in [5.74, 6) is 0.00239. The van der Waals surface area contributed by atoms with E-state index in [0.29, 0.717) is 24.7 Å². The van der Waals surface area contributed by atoms with Crippen LogP contribution in [0, 0.1) is 5.92 Å². The highest BCUT2D eigenvalue weighted by molar-refractivity contribution is 5.94. The van der Waals surface area contributed by atoms with Gasteiger partial charge in [0.25, 0.3) is 11.9 Å². The lowest BCUT2D eigenvalue weighted by Gasteiger charge is -2.30. The van der Waals surface area contributed by atoms with Crippen LogP contribution in [0.25, 0.3) is 11.1 Å². The molecule has 0 radical (unpaired) electrons. The third kappa shape index (κ3) is 5.28. The van der Waals surface area contributed by atoms with Crippen LogP contribution in [0.4, 0.5) is 6.01 Å². The van der Waals surface area contributed by atoms with Crippen molar-refractivity contribution < 1.29 is 14.0 Å². The molecule has 0 atom stereocenters. The van der Waals surface area contributed by atoms with Gasteiger partial charge in [0.2, 0.25) is 5.91 Å². The average molecular weight is 435 g/mol. The molecule has 4 rings (SSSR count). The number of hydrogen-bond donors (Lipinski definition) is 2. The smallest absolute Gasteiger partial charge is 0.298 e. The van der Waals surface area contributed by atoms with E-state index < -0.39 is 0 Å². The molecule has 32 heavy (non-hydrogen) atoms. The van der Waals surface area contributed by atoms with E-state index in [4.69, 9.17) is 4.42 Å². The first-order valence-corrected chi connectivity index (χ1v) is 11.4. The molecule has 2 heterocycles. The number of nitrogens with one attached hydrogen (secondary N) is 2. The molecule has 2 N–H and O–H groups in total. The highest BCUT2D eigenvalue weighted by atomic mass is 16.4. The minimum Gasteiger partial charge on any atom is -0.423 e. The number of anilines is 1. The summed E-state index contributed by atoms with van der Waals surface area (Å²) in [6.45, 7) is 4.73. The lowest BCUT2D eigenvalue weighted by atomic mass is 9.96. The molecule has 0 spiro atoms. The molecule has 1 saturated heterocycles. The number of aromatic nitrogens is 1. The van der Waals surface area contributed by atoms with Crippen LogP contribution in [0.3, 0.4) is 0 Å². The number of carbonyl (C=O) groups excluding carboxylic acids is 2. The van der Waals surface area contributed by atoms with Crippen molar-refractivity contribution in [2.45, 2.75) is 39.2 Å². The largest absolute Gasteiger partial charge is 0.423 e. The maximum atomic E-state index is 12.6. The van der Waals surface area contributed by atoms with Crippen molar-refractivity contribution in [3.63, 3.8) is 0 Å². The quantitative estimate of drug-likeness (QED) is 0.525. The molecule has 3 aromatic rings. The van der Waals surface area contributed by atoms with E-state index >= 15 is 0 Å². The van der Waals surface area contributed by atoms with Crippen LogP contribution in [-0.4, -0.2) is 36.4 Å². The van der Waals surface area contributed by atoms with Crippen molar-refractivity contribution in [3.8, 4) is 0 Å². The number of unbranched alkanes of at least 4 members (excludes halogenated alkanes) is 1. The lowest BCUT2D eigenvalue weighted by molar-refractivity contribution is -0.125. The van der Waals surface area contributed by atoms with Gasteiger partial charge in [-0.15, -0.1) is 0 Å². The molecule has 0 aliphatic carbocycles. The van der Waals surface area contributed by atoms with Gasteiger partial charge in [-0.05, 0) is 49.1 Å². The molecule has 168 valence electrons. The summed E-state index contributed by atoms with van der Waals surface area (Å²) in [4.78, 5) is 31.4. The number of nitrogens with zero attached hydrogens (tertiary/aromatic N) is 2. The molecule has 0 saturated carbocycles. The molecule has 7 nitrogen and oxygen atoms in total. The second kappa shape index (κ2) is 10.3. The van der Waals surface area contributed by atoms with Crippen molar-refractivity contribution in [3.05, 3.63) is 59.7 Å². The summed E-state index contributed by atoms with van der Waals surface area (Å²) in [6.07, 6.45) is 3.56. The Hall–Kier alpha value is -3.35. The minimum absolute atomic E-state index is 0.0146. The van der Waals surface area contributed by atoms with Crippen LogP contribution >= 0.6 is 0 Å². The Kier molecular flexibility index (Phi) is 7.04. The fraction of sp³-hybridized carbons (Fsp3) is 0.400. The number of rotatable bonds is 8. The van der Waals surface area contributed by atoms with Gasteiger partial charge in [-0.3, -0.25) is 9.59 Å². The molecule has 2 amide bonds. The highest BCUT2D eigenvalue weighted by Gasteiger charge is 2.27. The molecule has 1 aromatic heterocycles. The Labute approximate surface area is 188 Å². The predicted molar refractivity (Wildman–Crippen MR) is 124 cm³/mol. The molecule has 0 unspecified atom stereocenters. The van der Waals surface area contributed by atoms with E-state index in [1.807, 2.05) is 48.5 Å². The lowest BCUT2D eigenvalue weighted by Crippen LogP contribution is -2.40. The maximum absolute atomic E-state index is 12.6. The van der Waals surface area contributed by atoms with E-state index in [1.165, 1.54) is 0 Å². The number of amides is 2. The Morgan fingerprint density at radius 3 is 2.53 bits per heavy atom. The number of fused-ring (bicyclic) bond motifs is 1. The van der Waals surface area contributed by atoms with E-state index in [0.717, 1.165) is 55.4 Å². The van der Waals surface area contributed by atoms with Crippen molar-refractivity contribution in [1.82, 2.24) is 15.6 Å². The Bertz CT molecular complexity index is 1020. The zero-order chi connectivity index (χ0) is 22.3. The first-order valence-electron chi connectivity index (χ1n) is 11.4. The van der Waals surface area contributed by atoms with Gasteiger partial charge >= 0.3 is 0 Å². The zero-order valence-corrected chi connectivity index (χ0v) is 18.5. The molecule has 2 aromatic carbocycles. The monoisotopic (exact) mass is 434 g/mol. The standard InChI is InChI=1S/C25H30N4O3/c1-2-3-14-26-23(30)19-10-8-18(9-11-19)17-27-24(31)20-12-15-29(16-13-20)25-28-21-6-4-5-7-22(21)32-25/h4-11,20H,2-3,12-17H2,1H3,(H,26,30)(H,27,31). The second-order valence-electron chi connectivity index (χ2n) is 8.25. The van der Waals surface area contributed by atoms with Crippen LogP contribution in [0.15, 0.2) is 52.9 Å². The highest BCUT2D eigenvalue weighted by Crippen LogP contribution is 2.26. The van der Waals surface area contributed by atoms with E-state index in [-0.39, 0.29) is 17.7 Å². The van der Waals surface area contributed by atoms with Crippen molar-refractivity contribution in [2.75, 3.05) is 24.5 Å². The summed E-state index contributed by atoms with van der Waals surface area (Å²) in [6, 6.07) is 15.8. The van der Waals surface area contributed by atoms with Crippen molar-refractivity contribution >= 4 is 28.9 Å². The van der Waals surface area contributed by atoms with Gasteiger partial charge in [0.05, 0.1) is 0 Å². The first-order chi connectivity index (χ1) is 15.6. The molecule has 1 aliphatic rings. The first kappa shape index (κ1) is 21.9. The number of carbonyl (C=O) groups is 2. The topological polar surface area (TPSA) is 87.5 Å². The Balaban J connectivity index is 1.23. The van der Waals surface area contributed by atoms with Crippen molar-refractivity contribution in [1.29, 1.82) is 0 Å². The number of hydrogen-bond acceptors (Lipinski definition) is 5. The zero-order valence-electron chi connectivity index (χ0n) is 18.5. The van der Waals surface area contributed by atoms with Gasteiger partial charge in [0, 0.05) is 37.7 Å². The van der Waals surface area contributed by atoms with Gasteiger partial charge in [0.1, 0.15) is 5.52 Å². The minimum atomic E-state index is -0.0558. The predicted octanol–water partition coefficient (Wildman–Crippen LogP) is 3.89. The number of benzene rings is 2. The molecule has 0 bridgehead atoms. The molecular weight excluding hydrogens is 404 g/mol. The molecule has 1 aliphatic heterocycles. The molecule has 1 fully saturated rings. The summed E-state index contributed by atoms with van der Waals surface area (Å²) >= 11 is 0. The Morgan fingerprint density at radius 2 is 1.81 bits per heavy atom.